The van der Waals surface area contributed by atoms with Crippen molar-refractivity contribution in [2.45, 2.75) is 19.8 Å². The third kappa shape index (κ3) is 6.62. The molecule has 80 valence electrons. The minimum atomic E-state index is -0.324. The van der Waals surface area contributed by atoms with Crippen LogP contribution in [-0.4, -0.2) is 29.7 Å². The van der Waals surface area contributed by atoms with Crippen molar-refractivity contribution < 1.29 is 14.0 Å². The lowest BCUT2D eigenvalue weighted by Crippen LogP contribution is -2.06. The molecule has 0 unspecified atom stereocenters. The molecule has 0 saturated heterocycles. The van der Waals surface area contributed by atoms with Crippen LogP contribution in [0.1, 0.15) is 19.8 Å². The van der Waals surface area contributed by atoms with Gasteiger partial charge in [0.2, 0.25) is 0 Å². The van der Waals surface area contributed by atoms with Crippen molar-refractivity contribution in [2.24, 2.45) is 0 Å². The number of esters is 1. The first-order valence-electron chi connectivity index (χ1n) is 4.56. The van der Waals surface area contributed by atoms with Crippen LogP contribution in [0.4, 0.5) is 0 Å². The van der Waals surface area contributed by atoms with Gasteiger partial charge in [-0.2, -0.15) is 0 Å². The highest BCUT2D eigenvalue weighted by molar-refractivity contribution is 5.98. The summed E-state index contributed by atoms with van der Waals surface area (Å²) in [4.78, 5) is 10.9. The summed E-state index contributed by atoms with van der Waals surface area (Å²) in [7, 11) is 0.733. The van der Waals surface area contributed by atoms with Crippen LogP contribution in [-0.2, 0) is 14.0 Å². The van der Waals surface area contributed by atoms with Crippen molar-refractivity contribution >= 4 is 16.5 Å². The standard InChI is InChI=1S/C10H18O3Si/c1-8(2)10(11)12-6-4-5-9(3)7-13-14/h1,3-7H2,2,14H3. The molecule has 0 aliphatic heterocycles. The minimum absolute atomic E-state index is 0.324. The molecular weight excluding hydrogens is 196 g/mol. The Bertz CT molecular complexity index is 223. The normalized spacial score (nSPS) is 9.79. The molecule has 0 amide bonds. The van der Waals surface area contributed by atoms with Crippen LogP contribution in [0.5, 0.6) is 0 Å². The first kappa shape index (κ1) is 13.1. The van der Waals surface area contributed by atoms with E-state index in [2.05, 4.69) is 13.2 Å². The summed E-state index contributed by atoms with van der Waals surface area (Å²) in [5.41, 5.74) is 1.48. The van der Waals surface area contributed by atoms with Gasteiger partial charge in [0.05, 0.1) is 13.2 Å². The third-order valence-corrected chi connectivity index (χ3v) is 1.89. The van der Waals surface area contributed by atoms with E-state index in [1.807, 2.05) is 0 Å². The second-order valence-electron chi connectivity index (χ2n) is 3.20. The molecule has 0 heterocycles. The fourth-order valence-electron chi connectivity index (χ4n) is 0.887. The topological polar surface area (TPSA) is 35.5 Å². The van der Waals surface area contributed by atoms with E-state index < -0.39 is 0 Å². The zero-order chi connectivity index (χ0) is 11.0. The highest BCUT2D eigenvalue weighted by Crippen LogP contribution is 2.03. The van der Waals surface area contributed by atoms with E-state index in [9.17, 15) is 4.79 Å². The van der Waals surface area contributed by atoms with Gasteiger partial charge in [0.15, 0.2) is 0 Å². The van der Waals surface area contributed by atoms with E-state index in [0.29, 0.717) is 18.8 Å². The first-order valence-corrected chi connectivity index (χ1v) is 5.37. The van der Waals surface area contributed by atoms with Gasteiger partial charge in [-0.05, 0) is 19.8 Å². The smallest absolute Gasteiger partial charge is 0.333 e. The molecule has 0 aliphatic carbocycles. The predicted molar refractivity (Wildman–Crippen MR) is 60.0 cm³/mol. The van der Waals surface area contributed by atoms with Crippen molar-refractivity contribution in [1.82, 2.24) is 0 Å². The molecule has 0 rings (SSSR count). The Kier molecular flexibility index (Phi) is 7.05. The maximum Gasteiger partial charge on any atom is 0.333 e. The van der Waals surface area contributed by atoms with Crippen LogP contribution in [0.3, 0.4) is 0 Å². The van der Waals surface area contributed by atoms with Gasteiger partial charge in [0, 0.05) is 5.57 Å². The molecule has 0 aliphatic rings. The third-order valence-electron chi connectivity index (χ3n) is 1.60. The number of carbonyl (C=O) groups excluding carboxylic acids is 1. The zero-order valence-electron chi connectivity index (χ0n) is 8.97. The molecule has 0 bridgehead atoms. The molecule has 3 nitrogen and oxygen atoms in total. The van der Waals surface area contributed by atoms with Crippen molar-refractivity contribution in [3.63, 3.8) is 0 Å². The van der Waals surface area contributed by atoms with Crippen LogP contribution in [0.25, 0.3) is 0 Å². The average molecular weight is 214 g/mol. The fraction of sp³-hybridized carbons (Fsp3) is 0.500. The Morgan fingerprint density at radius 1 is 1.43 bits per heavy atom. The number of hydrogen-bond donors (Lipinski definition) is 0. The lowest BCUT2D eigenvalue weighted by Gasteiger charge is -2.05. The molecule has 0 saturated carbocycles. The van der Waals surface area contributed by atoms with Crippen LogP contribution < -0.4 is 0 Å². The predicted octanol–water partition coefficient (Wildman–Crippen LogP) is 0.739. The molecule has 0 aromatic carbocycles. The maximum atomic E-state index is 10.9. The van der Waals surface area contributed by atoms with E-state index >= 15 is 0 Å². The summed E-state index contributed by atoms with van der Waals surface area (Å²) < 4.78 is 9.96. The maximum absolute atomic E-state index is 10.9. The molecule has 0 spiro atoms. The van der Waals surface area contributed by atoms with Gasteiger partial charge in [0.1, 0.15) is 10.5 Å². The van der Waals surface area contributed by atoms with Gasteiger partial charge in [-0.3, -0.25) is 0 Å². The quantitative estimate of drug-likeness (QED) is 0.206. The van der Waals surface area contributed by atoms with E-state index in [0.717, 1.165) is 28.9 Å². The van der Waals surface area contributed by atoms with Crippen LogP contribution >= 0.6 is 0 Å². The largest absolute Gasteiger partial charge is 0.462 e. The molecule has 0 N–H and O–H groups in total. The highest BCUT2D eigenvalue weighted by Gasteiger charge is 2.02. The molecule has 0 radical (unpaired) electrons. The first-order chi connectivity index (χ1) is 6.57. The summed E-state index contributed by atoms with van der Waals surface area (Å²) in [6.45, 7) is 10.0. The second kappa shape index (κ2) is 7.52. The van der Waals surface area contributed by atoms with E-state index in [4.69, 9.17) is 9.16 Å². The number of ether oxygens (including phenoxy) is 1. The molecule has 4 heteroatoms. The lowest BCUT2D eigenvalue weighted by atomic mass is 10.2. The monoisotopic (exact) mass is 214 g/mol. The van der Waals surface area contributed by atoms with Crippen LogP contribution in [0.2, 0.25) is 0 Å². The van der Waals surface area contributed by atoms with Crippen molar-refractivity contribution in [3.8, 4) is 0 Å². The Hall–Kier alpha value is -0.873. The minimum Gasteiger partial charge on any atom is -0.462 e. The zero-order valence-corrected chi connectivity index (χ0v) is 11.0. The van der Waals surface area contributed by atoms with E-state index in [1.165, 1.54) is 0 Å². The molecule has 0 atom stereocenters. The van der Waals surface area contributed by atoms with Crippen LogP contribution in [0, 0.1) is 0 Å². The van der Waals surface area contributed by atoms with Gasteiger partial charge >= 0.3 is 5.97 Å². The highest BCUT2D eigenvalue weighted by atomic mass is 28.2. The van der Waals surface area contributed by atoms with Crippen molar-refractivity contribution in [3.05, 3.63) is 24.3 Å². The molecule has 14 heavy (non-hydrogen) atoms. The Labute approximate surface area is 88.3 Å². The number of carbonyl (C=O) groups is 1. The molecule has 0 aromatic heterocycles. The molecule has 0 aromatic rings. The lowest BCUT2D eigenvalue weighted by molar-refractivity contribution is -0.139. The van der Waals surface area contributed by atoms with E-state index in [1.54, 1.807) is 6.92 Å². The van der Waals surface area contributed by atoms with Crippen LogP contribution in [0.15, 0.2) is 24.3 Å². The molecular formula is C10H18O3Si. The second-order valence-corrected chi connectivity index (χ2v) is 3.78. The van der Waals surface area contributed by atoms with Gasteiger partial charge in [-0.25, -0.2) is 4.79 Å². The van der Waals surface area contributed by atoms with Gasteiger partial charge in [-0.15, -0.1) is 0 Å². The van der Waals surface area contributed by atoms with Crippen molar-refractivity contribution in [2.75, 3.05) is 13.2 Å². The Balaban J connectivity index is 3.42. The summed E-state index contributed by atoms with van der Waals surface area (Å²) >= 11 is 0. The summed E-state index contributed by atoms with van der Waals surface area (Å²) in [6.07, 6.45) is 1.63. The SMILES string of the molecule is C=C(CCCOC(=O)C(=C)C)CO[SiH3]. The average Bonchev–Trinajstić information content (AvgIpc) is 2.12. The Morgan fingerprint density at radius 3 is 2.57 bits per heavy atom. The molecule has 0 fully saturated rings. The summed E-state index contributed by atoms with van der Waals surface area (Å²) in [5.74, 6) is -0.324. The number of rotatable bonds is 7. The Morgan fingerprint density at radius 2 is 2.07 bits per heavy atom. The fourth-order valence-corrected chi connectivity index (χ4v) is 1.29. The van der Waals surface area contributed by atoms with Crippen molar-refractivity contribution in [1.29, 1.82) is 0 Å². The number of hydrogen-bond acceptors (Lipinski definition) is 3. The summed E-state index contributed by atoms with van der Waals surface area (Å²) in [5, 5.41) is 0. The van der Waals surface area contributed by atoms with E-state index in [-0.39, 0.29) is 5.97 Å². The van der Waals surface area contributed by atoms with Gasteiger partial charge < -0.3 is 9.16 Å². The summed E-state index contributed by atoms with van der Waals surface area (Å²) in [6, 6.07) is 0. The van der Waals surface area contributed by atoms with Gasteiger partial charge in [0.25, 0.3) is 0 Å². The van der Waals surface area contributed by atoms with Gasteiger partial charge in [-0.1, -0.05) is 18.7 Å².